The first-order chi connectivity index (χ1) is 2.81. The van der Waals surface area contributed by atoms with Crippen LogP contribution >= 0.6 is 34.8 Å². The van der Waals surface area contributed by atoms with E-state index in [0.29, 0.717) is 17.1 Å². The van der Waals surface area contributed by atoms with E-state index in [1.807, 2.05) is 0 Å². The fraction of sp³-hybridized carbons (Fsp3) is 0.667. The van der Waals surface area contributed by atoms with Crippen molar-refractivity contribution in [1.82, 2.24) is 0 Å². The smallest absolute Gasteiger partial charge is 0.0930 e. The zero-order valence-electron chi connectivity index (χ0n) is 3.05. The van der Waals surface area contributed by atoms with Crippen LogP contribution in [0.15, 0.2) is 0 Å². The van der Waals surface area contributed by atoms with Crippen molar-refractivity contribution in [2.24, 2.45) is 0 Å². The highest BCUT2D eigenvalue weighted by molar-refractivity contribution is 6.37. The van der Waals surface area contributed by atoms with Crippen molar-refractivity contribution < 1.29 is 0 Å². The van der Waals surface area contributed by atoms with Crippen LogP contribution in [0.4, 0.5) is 0 Å². The molecule has 0 aliphatic heterocycles. The minimum Gasteiger partial charge on any atom is -0.125 e. The van der Waals surface area contributed by atoms with Crippen LogP contribution in [0.25, 0.3) is 0 Å². The lowest BCUT2D eigenvalue weighted by atomic mass is 10.6. The average molecular weight is 146 g/mol. The Morgan fingerprint density at radius 2 is 1.50 bits per heavy atom. The van der Waals surface area contributed by atoms with Crippen molar-refractivity contribution in [3.8, 4) is 0 Å². The molecule has 0 aromatic heterocycles. The summed E-state index contributed by atoms with van der Waals surface area (Å²) in [5.74, 6) is 0.704. The maximum absolute atomic E-state index is 5.30. The van der Waals surface area contributed by atoms with E-state index in [2.05, 4.69) is 0 Å². The lowest BCUT2D eigenvalue weighted by molar-refractivity contribution is 1.34. The molecule has 3 heteroatoms. The van der Waals surface area contributed by atoms with Gasteiger partial charge in [0.25, 0.3) is 0 Å². The topological polar surface area (TPSA) is 0 Å². The SMILES string of the molecule is ClC[C](Cl)CCl. The van der Waals surface area contributed by atoms with Gasteiger partial charge in [-0.1, -0.05) is 0 Å². The molecule has 0 saturated carbocycles. The maximum atomic E-state index is 5.30. The Morgan fingerprint density at radius 1 is 1.17 bits per heavy atom. The molecule has 0 amide bonds. The molecule has 0 bridgehead atoms. The van der Waals surface area contributed by atoms with E-state index in [4.69, 9.17) is 34.8 Å². The molecular weight excluding hydrogens is 142 g/mol. The highest BCUT2D eigenvalue weighted by atomic mass is 35.5. The van der Waals surface area contributed by atoms with E-state index in [1.54, 1.807) is 0 Å². The molecule has 0 spiro atoms. The van der Waals surface area contributed by atoms with Crippen LogP contribution in [-0.2, 0) is 0 Å². The van der Waals surface area contributed by atoms with Crippen molar-refractivity contribution >= 4 is 34.8 Å². The van der Waals surface area contributed by atoms with Gasteiger partial charge >= 0.3 is 0 Å². The fourth-order valence-corrected chi connectivity index (χ4v) is 0.321. The largest absolute Gasteiger partial charge is 0.125 e. The highest BCUT2D eigenvalue weighted by Gasteiger charge is 1.97. The molecule has 0 aromatic rings. The second kappa shape index (κ2) is 4.04. The summed E-state index contributed by atoms with van der Waals surface area (Å²) < 4.78 is 0. The predicted molar refractivity (Wildman–Crippen MR) is 30.5 cm³/mol. The highest BCUT2D eigenvalue weighted by Crippen LogP contribution is 2.08. The van der Waals surface area contributed by atoms with E-state index >= 15 is 0 Å². The van der Waals surface area contributed by atoms with E-state index in [9.17, 15) is 0 Å². The summed E-state index contributed by atoms with van der Waals surface area (Å²) in [7, 11) is 0. The van der Waals surface area contributed by atoms with Crippen molar-refractivity contribution in [2.45, 2.75) is 0 Å². The van der Waals surface area contributed by atoms with Crippen molar-refractivity contribution in [1.29, 1.82) is 0 Å². The molecular formula is C3H4Cl3. The Labute approximate surface area is 52.4 Å². The van der Waals surface area contributed by atoms with Crippen LogP contribution in [0.5, 0.6) is 0 Å². The molecule has 0 unspecified atom stereocenters. The van der Waals surface area contributed by atoms with Crippen molar-refractivity contribution in [2.75, 3.05) is 11.8 Å². The van der Waals surface area contributed by atoms with Crippen molar-refractivity contribution in [3.63, 3.8) is 0 Å². The molecule has 0 atom stereocenters. The summed E-state index contributed by atoms with van der Waals surface area (Å²) in [6, 6.07) is 0. The third-order valence-corrected chi connectivity index (χ3v) is 1.48. The monoisotopic (exact) mass is 145 g/mol. The van der Waals surface area contributed by atoms with Crippen molar-refractivity contribution in [3.05, 3.63) is 5.38 Å². The molecule has 37 valence electrons. The summed E-state index contributed by atoms with van der Waals surface area (Å²) in [6.45, 7) is 0. The summed E-state index contributed by atoms with van der Waals surface area (Å²) in [5, 5.41) is 0.596. The quantitative estimate of drug-likeness (QED) is 0.524. The minimum absolute atomic E-state index is 0.352. The van der Waals surface area contributed by atoms with Gasteiger partial charge in [-0.25, -0.2) is 0 Å². The van der Waals surface area contributed by atoms with Crippen LogP contribution in [-0.4, -0.2) is 11.8 Å². The molecule has 0 rings (SSSR count). The minimum atomic E-state index is 0.352. The Hall–Kier alpha value is 0.870. The van der Waals surface area contributed by atoms with Crippen LogP contribution in [0.1, 0.15) is 0 Å². The van der Waals surface area contributed by atoms with Gasteiger partial charge in [-0.3, -0.25) is 0 Å². The van der Waals surface area contributed by atoms with Crippen LogP contribution in [0, 0.1) is 5.38 Å². The summed E-state index contributed by atoms with van der Waals surface area (Å²) in [4.78, 5) is 0. The molecule has 0 fully saturated rings. The molecule has 0 nitrogen and oxygen atoms in total. The maximum Gasteiger partial charge on any atom is 0.0930 e. The average Bonchev–Trinajstić information content (AvgIpc) is 1.65. The van der Waals surface area contributed by atoms with Gasteiger partial charge in [0.2, 0.25) is 0 Å². The van der Waals surface area contributed by atoms with Gasteiger partial charge in [-0.05, 0) is 0 Å². The first-order valence-corrected chi connectivity index (χ1v) is 2.88. The van der Waals surface area contributed by atoms with Gasteiger partial charge < -0.3 is 0 Å². The van der Waals surface area contributed by atoms with Gasteiger partial charge in [0.15, 0.2) is 0 Å². The zero-order chi connectivity index (χ0) is 4.99. The number of hydrogen-bond donors (Lipinski definition) is 0. The normalized spacial score (nSPS) is 10.0. The Morgan fingerprint density at radius 3 is 1.50 bits per heavy atom. The molecule has 0 heterocycles. The van der Waals surface area contributed by atoms with E-state index in [1.165, 1.54) is 0 Å². The van der Waals surface area contributed by atoms with Gasteiger partial charge in [0.1, 0.15) is 0 Å². The predicted octanol–water partition coefficient (Wildman–Crippen LogP) is 2.23. The number of halogens is 3. The number of alkyl halides is 2. The Balaban J connectivity index is 2.75. The molecule has 0 aliphatic carbocycles. The molecule has 0 aromatic carbocycles. The van der Waals surface area contributed by atoms with Gasteiger partial charge in [0, 0.05) is 11.8 Å². The van der Waals surface area contributed by atoms with Crippen LogP contribution in [0.3, 0.4) is 0 Å². The van der Waals surface area contributed by atoms with E-state index in [0.717, 1.165) is 0 Å². The summed E-state index contributed by atoms with van der Waals surface area (Å²) in [5.41, 5.74) is 0. The Kier molecular flexibility index (Phi) is 4.63. The Bertz CT molecular complexity index is 25.2. The summed E-state index contributed by atoms with van der Waals surface area (Å²) in [6.07, 6.45) is 0. The van der Waals surface area contributed by atoms with Gasteiger partial charge in [0.05, 0.1) is 5.38 Å². The first kappa shape index (κ1) is 6.87. The molecule has 0 N–H and O–H groups in total. The van der Waals surface area contributed by atoms with Crippen LogP contribution in [0.2, 0.25) is 0 Å². The number of rotatable bonds is 2. The number of hydrogen-bond acceptors (Lipinski definition) is 0. The zero-order valence-corrected chi connectivity index (χ0v) is 5.32. The second-order valence-corrected chi connectivity index (χ2v) is 1.85. The fourth-order valence-electron chi connectivity index (χ4n) is 0.0357. The lowest BCUT2D eigenvalue weighted by Crippen LogP contribution is -1.87. The second-order valence-electron chi connectivity index (χ2n) is 0.785. The van der Waals surface area contributed by atoms with E-state index in [-0.39, 0.29) is 0 Å². The van der Waals surface area contributed by atoms with Gasteiger partial charge in [-0.15, -0.1) is 34.8 Å². The third kappa shape index (κ3) is 3.08. The third-order valence-electron chi connectivity index (χ3n) is 0.290. The molecule has 0 saturated heterocycles. The molecule has 0 aliphatic rings. The molecule has 6 heavy (non-hydrogen) atoms. The van der Waals surface area contributed by atoms with Crippen LogP contribution < -0.4 is 0 Å². The first-order valence-electron chi connectivity index (χ1n) is 1.43. The summed E-state index contributed by atoms with van der Waals surface area (Å²) >= 11 is 15.7. The standard InChI is InChI=1S/C3H4Cl3/c4-1-3(6)2-5/h1-2H2. The van der Waals surface area contributed by atoms with E-state index < -0.39 is 0 Å². The van der Waals surface area contributed by atoms with Gasteiger partial charge in [-0.2, -0.15) is 0 Å². The molecule has 1 radical (unpaired) electrons. The lowest BCUT2D eigenvalue weighted by Gasteiger charge is -1.90.